The van der Waals surface area contributed by atoms with Crippen molar-refractivity contribution in [3.8, 4) is 0 Å². The fraction of sp³-hybridized carbons (Fsp3) is 0.389. The summed E-state index contributed by atoms with van der Waals surface area (Å²) in [6, 6.07) is 10.0. The van der Waals surface area contributed by atoms with Crippen LogP contribution < -0.4 is 10.2 Å². The van der Waals surface area contributed by atoms with E-state index in [1.165, 1.54) is 5.56 Å². The summed E-state index contributed by atoms with van der Waals surface area (Å²) in [4.78, 5) is 23.1. The van der Waals surface area contributed by atoms with Gasteiger partial charge in [-0.1, -0.05) is 29.8 Å². The molecule has 0 saturated carbocycles. The fourth-order valence-corrected chi connectivity index (χ4v) is 2.98. The van der Waals surface area contributed by atoms with E-state index in [4.69, 9.17) is 0 Å². The van der Waals surface area contributed by atoms with Gasteiger partial charge in [-0.15, -0.1) is 0 Å². The van der Waals surface area contributed by atoms with Gasteiger partial charge >= 0.3 is 0 Å². The molecule has 3 rings (SSSR count). The monoisotopic (exact) mass is 310 g/mol. The summed E-state index contributed by atoms with van der Waals surface area (Å²) in [5.41, 5.74) is 2.35. The SMILES string of the molecule is Cc1cccc(CNC(=O)C2CCCN(c3ncccn3)C2)c1. The summed E-state index contributed by atoms with van der Waals surface area (Å²) in [7, 11) is 0. The van der Waals surface area contributed by atoms with E-state index in [0.29, 0.717) is 19.0 Å². The number of nitrogens with zero attached hydrogens (tertiary/aromatic N) is 3. The number of hydrogen-bond donors (Lipinski definition) is 1. The van der Waals surface area contributed by atoms with Crippen LogP contribution in [0.2, 0.25) is 0 Å². The molecule has 1 aliphatic heterocycles. The molecule has 1 atom stereocenters. The predicted octanol–water partition coefficient (Wildman–Crippen LogP) is 2.32. The minimum Gasteiger partial charge on any atom is -0.352 e. The lowest BCUT2D eigenvalue weighted by atomic mass is 9.97. The van der Waals surface area contributed by atoms with Gasteiger partial charge in [-0.25, -0.2) is 9.97 Å². The van der Waals surface area contributed by atoms with Crippen LogP contribution in [0.25, 0.3) is 0 Å². The molecule has 23 heavy (non-hydrogen) atoms. The average Bonchev–Trinajstić information content (AvgIpc) is 2.61. The third-order valence-electron chi connectivity index (χ3n) is 4.18. The molecule has 0 radical (unpaired) electrons. The van der Waals surface area contributed by atoms with Gasteiger partial charge in [0.2, 0.25) is 11.9 Å². The minimum absolute atomic E-state index is 0.00244. The quantitative estimate of drug-likeness (QED) is 0.941. The molecular formula is C18H22N4O. The van der Waals surface area contributed by atoms with Gasteiger partial charge in [0.1, 0.15) is 0 Å². The number of hydrogen-bond acceptors (Lipinski definition) is 4. The number of aryl methyl sites for hydroxylation is 1. The summed E-state index contributed by atoms with van der Waals surface area (Å²) in [6.07, 6.45) is 5.39. The molecule has 1 N–H and O–H groups in total. The Morgan fingerprint density at radius 3 is 2.91 bits per heavy atom. The Morgan fingerprint density at radius 2 is 2.13 bits per heavy atom. The topological polar surface area (TPSA) is 58.1 Å². The van der Waals surface area contributed by atoms with E-state index in [1.807, 2.05) is 12.1 Å². The zero-order valence-electron chi connectivity index (χ0n) is 13.4. The van der Waals surface area contributed by atoms with Crippen LogP contribution >= 0.6 is 0 Å². The first-order chi connectivity index (χ1) is 11.2. The Kier molecular flexibility index (Phi) is 4.86. The van der Waals surface area contributed by atoms with E-state index >= 15 is 0 Å². The van der Waals surface area contributed by atoms with Gasteiger partial charge < -0.3 is 10.2 Å². The highest BCUT2D eigenvalue weighted by atomic mass is 16.1. The fourth-order valence-electron chi connectivity index (χ4n) is 2.98. The number of carbonyl (C=O) groups is 1. The van der Waals surface area contributed by atoms with Crippen LogP contribution in [0, 0.1) is 12.8 Å². The largest absolute Gasteiger partial charge is 0.352 e. The van der Waals surface area contributed by atoms with Gasteiger partial charge in [-0.2, -0.15) is 0 Å². The normalized spacial score (nSPS) is 17.8. The van der Waals surface area contributed by atoms with Gasteiger partial charge in [0.05, 0.1) is 5.92 Å². The van der Waals surface area contributed by atoms with Gasteiger partial charge in [0.25, 0.3) is 0 Å². The van der Waals surface area contributed by atoms with Crippen LogP contribution in [0.4, 0.5) is 5.95 Å². The summed E-state index contributed by atoms with van der Waals surface area (Å²) >= 11 is 0. The van der Waals surface area contributed by atoms with Crippen molar-refractivity contribution in [2.75, 3.05) is 18.0 Å². The second-order valence-electron chi connectivity index (χ2n) is 6.04. The van der Waals surface area contributed by atoms with Crippen LogP contribution in [0.1, 0.15) is 24.0 Å². The maximum absolute atomic E-state index is 12.5. The number of aromatic nitrogens is 2. The third kappa shape index (κ3) is 4.06. The smallest absolute Gasteiger partial charge is 0.225 e. The molecule has 5 nitrogen and oxygen atoms in total. The Bertz CT molecular complexity index is 659. The van der Waals surface area contributed by atoms with Crippen molar-refractivity contribution in [1.82, 2.24) is 15.3 Å². The van der Waals surface area contributed by atoms with E-state index in [9.17, 15) is 4.79 Å². The van der Waals surface area contributed by atoms with Crippen LogP contribution in [0.15, 0.2) is 42.7 Å². The molecule has 5 heteroatoms. The van der Waals surface area contributed by atoms with Gasteiger partial charge in [-0.3, -0.25) is 4.79 Å². The zero-order valence-corrected chi connectivity index (χ0v) is 13.4. The molecule has 1 aliphatic rings. The lowest BCUT2D eigenvalue weighted by Gasteiger charge is -2.31. The maximum atomic E-state index is 12.5. The lowest BCUT2D eigenvalue weighted by molar-refractivity contribution is -0.125. The highest BCUT2D eigenvalue weighted by Crippen LogP contribution is 2.20. The van der Waals surface area contributed by atoms with Crippen molar-refractivity contribution in [2.45, 2.75) is 26.3 Å². The van der Waals surface area contributed by atoms with Crippen molar-refractivity contribution >= 4 is 11.9 Å². The first-order valence-corrected chi connectivity index (χ1v) is 8.07. The summed E-state index contributed by atoms with van der Waals surface area (Å²) in [5, 5.41) is 3.06. The Morgan fingerprint density at radius 1 is 1.30 bits per heavy atom. The van der Waals surface area contributed by atoms with E-state index in [-0.39, 0.29) is 11.8 Å². The lowest BCUT2D eigenvalue weighted by Crippen LogP contribution is -2.43. The maximum Gasteiger partial charge on any atom is 0.225 e. The van der Waals surface area contributed by atoms with Crippen LogP contribution in [0.5, 0.6) is 0 Å². The average molecular weight is 310 g/mol. The van der Waals surface area contributed by atoms with E-state index in [2.05, 4.69) is 39.2 Å². The zero-order chi connectivity index (χ0) is 16.1. The number of anilines is 1. The molecule has 1 unspecified atom stereocenters. The van der Waals surface area contributed by atoms with Crippen LogP contribution in [-0.4, -0.2) is 29.0 Å². The van der Waals surface area contributed by atoms with Crippen molar-refractivity contribution in [2.24, 2.45) is 5.92 Å². The Balaban J connectivity index is 1.57. The van der Waals surface area contributed by atoms with Crippen molar-refractivity contribution in [3.63, 3.8) is 0 Å². The molecule has 120 valence electrons. The first-order valence-electron chi connectivity index (χ1n) is 8.07. The molecule has 1 amide bonds. The molecule has 1 saturated heterocycles. The molecule has 0 spiro atoms. The Labute approximate surface area is 136 Å². The van der Waals surface area contributed by atoms with Crippen molar-refractivity contribution in [3.05, 3.63) is 53.9 Å². The number of benzene rings is 1. The predicted molar refractivity (Wildman–Crippen MR) is 90.0 cm³/mol. The summed E-state index contributed by atoms with van der Waals surface area (Å²) < 4.78 is 0. The third-order valence-corrected chi connectivity index (χ3v) is 4.18. The number of piperidine rings is 1. The van der Waals surface area contributed by atoms with Gasteiger partial charge in [-0.05, 0) is 31.4 Å². The van der Waals surface area contributed by atoms with E-state index in [0.717, 1.165) is 24.9 Å². The number of amides is 1. The summed E-state index contributed by atoms with van der Waals surface area (Å²) in [6.45, 7) is 4.23. The van der Waals surface area contributed by atoms with Gasteiger partial charge in [0.15, 0.2) is 0 Å². The van der Waals surface area contributed by atoms with Gasteiger partial charge in [0, 0.05) is 32.0 Å². The molecule has 2 aromatic rings. The van der Waals surface area contributed by atoms with E-state index in [1.54, 1.807) is 18.5 Å². The molecule has 0 bridgehead atoms. The molecule has 0 aliphatic carbocycles. The van der Waals surface area contributed by atoms with Crippen molar-refractivity contribution in [1.29, 1.82) is 0 Å². The first kappa shape index (κ1) is 15.5. The second-order valence-corrected chi connectivity index (χ2v) is 6.04. The second kappa shape index (κ2) is 7.22. The standard InChI is InChI=1S/C18H22N4O/c1-14-5-2-6-15(11-14)12-21-17(23)16-7-3-10-22(13-16)18-19-8-4-9-20-18/h2,4-6,8-9,11,16H,3,7,10,12-13H2,1H3,(H,21,23). The molecule has 1 aromatic carbocycles. The molecular weight excluding hydrogens is 288 g/mol. The minimum atomic E-state index is -0.00244. The molecule has 1 fully saturated rings. The summed E-state index contributed by atoms with van der Waals surface area (Å²) in [5.74, 6) is 0.827. The van der Waals surface area contributed by atoms with Crippen LogP contribution in [0.3, 0.4) is 0 Å². The number of rotatable bonds is 4. The molecule has 1 aromatic heterocycles. The number of carbonyl (C=O) groups excluding carboxylic acids is 1. The molecule has 2 heterocycles. The van der Waals surface area contributed by atoms with Crippen LogP contribution in [-0.2, 0) is 11.3 Å². The van der Waals surface area contributed by atoms with E-state index < -0.39 is 0 Å². The highest BCUT2D eigenvalue weighted by molar-refractivity contribution is 5.79. The Hall–Kier alpha value is -2.43. The number of nitrogens with one attached hydrogen (secondary N) is 1. The highest BCUT2D eigenvalue weighted by Gasteiger charge is 2.26. The van der Waals surface area contributed by atoms with Crippen molar-refractivity contribution < 1.29 is 4.79 Å².